The summed E-state index contributed by atoms with van der Waals surface area (Å²) in [6.07, 6.45) is 0. The van der Waals surface area contributed by atoms with Gasteiger partial charge in [0.15, 0.2) is 0 Å². The van der Waals surface area contributed by atoms with E-state index in [0.29, 0.717) is 23.0 Å². The predicted octanol–water partition coefficient (Wildman–Crippen LogP) is 2.38. The fraction of sp³-hybridized carbons (Fsp3) is 0.545. The first-order valence-electron chi connectivity index (χ1n) is 5.42. The van der Waals surface area contributed by atoms with Crippen LogP contribution < -0.4 is 0 Å². The molecule has 0 aliphatic carbocycles. The van der Waals surface area contributed by atoms with Crippen molar-refractivity contribution in [2.24, 2.45) is 0 Å². The van der Waals surface area contributed by atoms with Gasteiger partial charge < -0.3 is 4.90 Å². The molecule has 0 spiro atoms. The molecule has 17 heavy (non-hydrogen) atoms. The molecule has 3 nitrogen and oxygen atoms in total. The lowest BCUT2D eigenvalue weighted by atomic mass is 10.3. The Morgan fingerprint density at radius 3 is 2.53 bits per heavy atom. The monoisotopic (exact) mass is 291 g/mol. The van der Waals surface area contributed by atoms with Crippen LogP contribution in [0.3, 0.4) is 0 Å². The van der Waals surface area contributed by atoms with Crippen LogP contribution >= 0.6 is 22.9 Å². The third kappa shape index (κ3) is 2.56. The molecule has 2 unspecified atom stereocenters. The quantitative estimate of drug-likeness (QED) is 0.797. The summed E-state index contributed by atoms with van der Waals surface area (Å²) in [5.41, 5.74) is 0. The minimum atomic E-state index is -0.843. The first kappa shape index (κ1) is 13.1. The van der Waals surface area contributed by atoms with Crippen LogP contribution in [0, 0.1) is 0 Å². The van der Waals surface area contributed by atoms with Gasteiger partial charge in [0.2, 0.25) is 0 Å². The van der Waals surface area contributed by atoms with Crippen LogP contribution in [0.1, 0.15) is 23.5 Å². The number of amides is 1. The number of hydrogen-bond acceptors (Lipinski definition) is 3. The molecule has 1 amide bonds. The van der Waals surface area contributed by atoms with Crippen LogP contribution in [-0.4, -0.2) is 38.6 Å². The molecule has 2 rings (SSSR count). The number of carbonyl (C=O) groups excluding carboxylic acids is 1. The Bertz CT molecular complexity index is 446. The van der Waals surface area contributed by atoms with E-state index in [0.717, 1.165) is 0 Å². The van der Waals surface area contributed by atoms with Gasteiger partial charge in [-0.25, -0.2) is 0 Å². The smallest absolute Gasteiger partial charge is 0.265 e. The summed E-state index contributed by atoms with van der Waals surface area (Å²) in [5, 5.41) is 2.37. The highest BCUT2D eigenvalue weighted by Crippen LogP contribution is 2.25. The number of halogens is 1. The molecule has 2 atom stereocenters. The summed E-state index contributed by atoms with van der Waals surface area (Å²) in [6.45, 7) is 4.93. The minimum Gasteiger partial charge on any atom is -0.336 e. The average molecular weight is 292 g/mol. The molecule has 2 heterocycles. The Labute approximate surface area is 112 Å². The van der Waals surface area contributed by atoms with Crippen LogP contribution in [0.5, 0.6) is 0 Å². The van der Waals surface area contributed by atoms with E-state index >= 15 is 0 Å². The van der Waals surface area contributed by atoms with Gasteiger partial charge in [0.05, 0.1) is 5.02 Å². The van der Waals surface area contributed by atoms with Gasteiger partial charge in [-0.15, -0.1) is 11.3 Å². The Hall–Kier alpha value is -0.390. The van der Waals surface area contributed by atoms with Gasteiger partial charge in [-0.3, -0.25) is 9.00 Å². The van der Waals surface area contributed by atoms with E-state index in [1.54, 1.807) is 11.0 Å². The molecule has 0 N–H and O–H groups in total. The van der Waals surface area contributed by atoms with E-state index in [-0.39, 0.29) is 16.4 Å². The molecule has 0 aromatic carbocycles. The lowest BCUT2D eigenvalue weighted by molar-refractivity contribution is 0.0756. The molecule has 94 valence electrons. The van der Waals surface area contributed by atoms with E-state index in [2.05, 4.69) is 0 Å². The molecule has 0 bridgehead atoms. The van der Waals surface area contributed by atoms with Crippen LogP contribution in [0.2, 0.25) is 5.02 Å². The summed E-state index contributed by atoms with van der Waals surface area (Å²) in [5.74, 6) is -0.0413. The number of carbonyl (C=O) groups is 1. The van der Waals surface area contributed by atoms with Gasteiger partial charge in [0, 0.05) is 34.4 Å². The maximum absolute atomic E-state index is 12.2. The Morgan fingerprint density at radius 1 is 1.47 bits per heavy atom. The van der Waals surface area contributed by atoms with Crippen LogP contribution in [-0.2, 0) is 10.8 Å². The van der Waals surface area contributed by atoms with E-state index in [9.17, 15) is 9.00 Å². The van der Waals surface area contributed by atoms with Crippen molar-refractivity contribution in [3.8, 4) is 0 Å². The van der Waals surface area contributed by atoms with Gasteiger partial charge in [-0.2, -0.15) is 0 Å². The molecule has 1 aromatic rings. The second-order valence-corrected chi connectivity index (χ2v) is 7.85. The van der Waals surface area contributed by atoms with E-state index < -0.39 is 10.8 Å². The molecule has 1 aromatic heterocycles. The fourth-order valence-corrected chi connectivity index (χ4v) is 4.54. The van der Waals surface area contributed by atoms with E-state index in [4.69, 9.17) is 11.6 Å². The van der Waals surface area contributed by atoms with Crippen LogP contribution in [0.4, 0.5) is 0 Å². The Morgan fingerprint density at radius 2 is 2.06 bits per heavy atom. The zero-order valence-electron chi connectivity index (χ0n) is 9.68. The number of nitrogens with zero attached hydrogens (tertiary/aromatic N) is 1. The number of hydrogen-bond donors (Lipinski definition) is 0. The number of rotatable bonds is 1. The molecule has 1 saturated heterocycles. The van der Waals surface area contributed by atoms with Gasteiger partial charge in [-0.1, -0.05) is 11.6 Å². The summed E-state index contributed by atoms with van der Waals surface area (Å²) in [7, 11) is -0.843. The van der Waals surface area contributed by atoms with Crippen molar-refractivity contribution in [1.82, 2.24) is 4.90 Å². The van der Waals surface area contributed by atoms with E-state index in [1.807, 2.05) is 19.2 Å². The maximum Gasteiger partial charge on any atom is 0.265 e. The molecule has 0 saturated carbocycles. The lowest BCUT2D eigenvalue weighted by Gasteiger charge is -2.34. The molecule has 1 fully saturated rings. The highest BCUT2D eigenvalue weighted by atomic mass is 35.5. The van der Waals surface area contributed by atoms with E-state index in [1.165, 1.54) is 11.3 Å². The maximum atomic E-state index is 12.2. The molecule has 1 aliphatic rings. The molecule has 6 heteroatoms. The largest absolute Gasteiger partial charge is 0.336 e. The van der Waals surface area contributed by atoms with Crippen LogP contribution in [0.25, 0.3) is 0 Å². The van der Waals surface area contributed by atoms with Crippen molar-refractivity contribution in [2.75, 3.05) is 13.1 Å². The topological polar surface area (TPSA) is 37.4 Å². The standard InChI is InChI=1S/C11H14ClNO2S2/c1-7-5-13(6-8(2)17(7)15)11(14)10-9(12)3-4-16-10/h3-4,7-8H,5-6H2,1-2H3. The zero-order valence-corrected chi connectivity index (χ0v) is 12.1. The SMILES string of the molecule is CC1CN(C(=O)c2sccc2Cl)CC(C)S1=O. The Balaban J connectivity index is 2.17. The van der Waals surface area contributed by atoms with Crippen molar-refractivity contribution in [2.45, 2.75) is 24.3 Å². The van der Waals surface area contributed by atoms with Gasteiger partial charge in [0.25, 0.3) is 5.91 Å². The van der Waals surface area contributed by atoms with Gasteiger partial charge in [0.1, 0.15) is 4.88 Å². The molecule has 1 aliphatic heterocycles. The van der Waals surface area contributed by atoms with Gasteiger partial charge >= 0.3 is 0 Å². The summed E-state index contributed by atoms with van der Waals surface area (Å²) >= 11 is 7.31. The van der Waals surface area contributed by atoms with Gasteiger partial charge in [-0.05, 0) is 25.3 Å². The van der Waals surface area contributed by atoms with Crippen molar-refractivity contribution in [3.63, 3.8) is 0 Å². The lowest BCUT2D eigenvalue weighted by Crippen LogP contribution is -2.49. The predicted molar refractivity (Wildman–Crippen MR) is 72.3 cm³/mol. The zero-order chi connectivity index (χ0) is 12.6. The second kappa shape index (κ2) is 5.08. The first-order chi connectivity index (χ1) is 8.00. The van der Waals surface area contributed by atoms with Crippen molar-refractivity contribution < 1.29 is 9.00 Å². The van der Waals surface area contributed by atoms with Crippen molar-refractivity contribution in [1.29, 1.82) is 0 Å². The third-order valence-electron chi connectivity index (χ3n) is 2.85. The third-order valence-corrected chi connectivity index (χ3v) is 6.06. The average Bonchev–Trinajstić information content (AvgIpc) is 2.70. The second-order valence-electron chi connectivity index (χ2n) is 4.26. The Kier molecular flexibility index (Phi) is 3.90. The summed E-state index contributed by atoms with van der Waals surface area (Å²) in [4.78, 5) is 14.6. The highest BCUT2D eigenvalue weighted by Gasteiger charge is 2.32. The summed E-state index contributed by atoms with van der Waals surface area (Å²) < 4.78 is 11.8. The highest BCUT2D eigenvalue weighted by molar-refractivity contribution is 7.86. The van der Waals surface area contributed by atoms with Crippen molar-refractivity contribution in [3.05, 3.63) is 21.3 Å². The molecule has 0 radical (unpaired) electrons. The minimum absolute atomic E-state index is 0.0291. The van der Waals surface area contributed by atoms with Crippen LogP contribution in [0.15, 0.2) is 11.4 Å². The normalized spacial score (nSPS) is 29.4. The summed E-state index contributed by atoms with van der Waals surface area (Å²) in [6, 6.07) is 1.73. The fourth-order valence-electron chi connectivity index (χ4n) is 1.99. The number of thiophene rings is 1. The first-order valence-corrected chi connectivity index (χ1v) is 7.95. The van der Waals surface area contributed by atoms with Crippen molar-refractivity contribution >= 4 is 39.6 Å². The molecular formula is C11H14ClNO2S2. The molecular weight excluding hydrogens is 278 g/mol.